The first kappa shape index (κ1) is 16.2. The van der Waals surface area contributed by atoms with E-state index < -0.39 is 6.10 Å². The van der Waals surface area contributed by atoms with Gasteiger partial charge in [-0.3, -0.25) is 4.79 Å². The second-order valence-corrected chi connectivity index (χ2v) is 5.57. The summed E-state index contributed by atoms with van der Waals surface area (Å²) in [7, 11) is 0. The minimum atomic E-state index is -0.767. The molecule has 0 aromatic heterocycles. The summed E-state index contributed by atoms with van der Waals surface area (Å²) in [5, 5.41) is 13.1. The molecule has 0 saturated heterocycles. The van der Waals surface area contributed by atoms with Crippen molar-refractivity contribution in [1.29, 1.82) is 0 Å². The Hall–Kier alpha value is -2.13. The molecule has 0 bridgehead atoms. The number of aliphatic hydroxyl groups is 1. The molecule has 2 aromatic carbocycles. The summed E-state index contributed by atoms with van der Waals surface area (Å²) in [5.41, 5.74) is 3.06. The van der Waals surface area contributed by atoms with E-state index >= 15 is 0 Å². The summed E-state index contributed by atoms with van der Waals surface area (Å²) in [6.45, 7) is 4.08. The molecule has 0 spiro atoms. The molecule has 0 aliphatic heterocycles. The Morgan fingerprint density at radius 3 is 2.27 bits per heavy atom. The van der Waals surface area contributed by atoms with Crippen LogP contribution in [0, 0.1) is 6.92 Å². The van der Waals surface area contributed by atoms with Gasteiger partial charge in [0.05, 0.1) is 18.6 Å². The van der Waals surface area contributed by atoms with Crippen molar-refractivity contribution in [2.45, 2.75) is 38.8 Å². The predicted octanol–water partition coefficient (Wildman–Crippen LogP) is 3.69. The Bertz CT molecular complexity index is 593. The second kappa shape index (κ2) is 7.76. The number of aliphatic hydroxyl groups excluding tert-OH is 1. The van der Waals surface area contributed by atoms with E-state index in [4.69, 9.17) is 0 Å². The number of benzene rings is 2. The van der Waals surface area contributed by atoms with Crippen LogP contribution in [0.2, 0.25) is 0 Å². The molecular weight excluding hydrogens is 274 g/mol. The second-order valence-electron chi connectivity index (χ2n) is 5.57. The normalized spacial score (nSPS) is 13.4. The number of carbonyl (C=O) groups is 1. The lowest BCUT2D eigenvalue weighted by atomic mass is 10.0. The third-order valence-electron chi connectivity index (χ3n) is 3.79. The summed E-state index contributed by atoms with van der Waals surface area (Å²) >= 11 is 0. The number of hydrogen-bond acceptors (Lipinski definition) is 2. The number of hydrogen-bond donors (Lipinski definition) is 2. The molecule has 116 valence electrons. The monoisotopic (exact) mass is 297 g/mol. The van der Waals surface area contributed by atoms with Crippen molar-refractivity contribution in [3.05, 3.63) is 71.3 Å². The first-order valence-corrected chi connectivity index (χ1v) is 7.69. The van der Waals surface area contributed by atoms with E-state index in [0.29, 0.717) is 0 Å². The van der Waals surface area contributed by atoms with Crippen molar-refractivity contribution < 1.29 is 9.90 Å². The van der Waals surface area contributed by atoms with Gasteiger partial charge in [-0.15, -0.1) is 0 Å². The lowest BCUT2D eigenvalue weighted by molar-refractivity contribution is -0.123. The zero-order valence-corrected chi connectivity index (χ0v) is 13.1. The maximum Gasteiger partial charge on any atom is 0.223 e. The highest BCUT2D eigenvalue weighted by molar-refractivity contribution is 5.77. The first-order valence-electron chi connectivity index (χ1n) is 7.69. The van der Waals surface area contributed by atoms with Gasteiger partial charge in [-0.25, -0.2) is 0 Å². The molecule has 0 aliphatic rings. The van der Waals surface area contributed by atoms with Gasteiger partial charge in [-0.05, 0) is 24.5 Å². The van der Waals surface area contributed by atoms with Crippen LogP contribution in [0.25, 0.3) is 0 Å². The number of nitrogens with one attached hydrogen (secondary N) is 1. The Morgan fingerprint density at radius 2 is 1.68 bits per heavy atom. The molecule has 2 atom stereocenters. The third-order valence-corrected chi connectivity index (χ3v) is 3.79. The van der Waals surface area contributed by atoms with Crippen molar-refractivity contribution in [1.82, 2.24) is 5.32 Å². The molecule has 0 aliphatic carbocycles. The Labute approximate surface area is 132 Å². The molecule has 2 N–H and O–H groups in total. The van der Waals surface area contributed by atoms with Crippen LogP contribution >= 0.6 is 0 Å². The van der Waals surface area contributed by atoms with Crippen molar-refractivity contribution in [3.63, 3.8) is 0 Å². The smallest absolute Gasteiger partial charge is 0.223 e. The minimum absolute atomic E-state index is 0.0175. The summed E-state index contributed by atoms with van der Waals surface area (Å²) in [4.78, 5) is 12.2. The Kier molecular flexibility index (Phi) is 5.73. The highest BCUT2D eigenvalue weighted by atomic mass is 16.3. The molecule has 0 radical (unpaired) electrons. The van der Waals surface area contributed by atoms with Crippen molar-refractivity contribution in [2.24, 2.45) is 0 Å². The Morgan fingerprint density at radius 1 is 1.05 bits per heavy atom. The van der Waals surface area contributed by atoms with Gasteiger partial charge >= 0.3 is 0 Å². The lowest BCUT2D eigenvalue weighted by Crippen LogP contribution is -2.29. The fraction of sp³-hybridized carbons (Fsp3) is 0.316. The van der Waals surface area contributed by atoms with Crippen LogP contribution in [0.3, 0.4) is 0 Å². The minimum Gasteiger partial charge on any atom is -0.388 e. The maximum absolute atomic E-state index is 12.2. The highest BCUT2D eigenvalue weighted by Crippen LogP contribution is 2.20. The standard InChI is InChI=1S/C19H23NO2/c1-3-17(15-11-9-14(2)10-12-15)20-19(22)13-18(21)16-7-5-4-6-8-16/h4-12,17-18,21H,3,13H2,1-2H3,(H,20,22). The lowest BCUT2D eigenvalue weighted by Gasteiger charge is -2.19. The van der Waals surface area contributed by atoms with Crippen LogP contribution in [0.15, 0.2) is 54.6 Å². The maximum atomic E-state index is 12.2. The van der Waals surface area contributed by atoms with Crippen LogP contribution in [-0.4, -0.2) is 11.0 Å². The zero-order chi connectivity index (χ0) is 15.9. The van der Waals surface area contributed by atoms with Gasteiger partial charge < -0.3 is 10.4 Å². The van der Waals surface area contributed by atoms with Gasteiger partial charge in [-0.1, -0.05) is 67.1 Å². The van der Waals surface area contributed by atoms with E-state index in [9.17, 15) is 9.90 Å². The third kappa shape index (κ3) is 4.43. The largest absolute Gasteiger partial charge is 0.388 e. The summed E-state index contributed by atoms with van der Waals surface area (Å²) in [6.07, 6.45) is 0.125. The average molecular weight is 297 g/mol. The van der Waals surface area contributed by atoms with E-state index in [0.717, 1.165) is 17.5 Å². The fourth-order valence-electron chi connectivity index (χ4n) is 2.44. The van der Waals surface area contributed by atoms with Crippen LogP contribution in [0.1, 0.15) is 48.6 Å². The number of amides is 1. The summed E-state index contributed by atoms with van der Waals surface area (Å²) in [5.74, 6) is -0.135. The fourth-order valence-corrected chi connectivity index (χ4v) is 2.44. The Balaban J connectivity index is 1.96. The molecule has 0 fully saturated rings. The van der Waals surface area contributed by atoms with Crippen molar-refractivity contribution >= 4 is 5.91 Å². The molecule has 22 heavy (non-hydrogen) atoms. The van der Waals surface area contributed by atoms with Crippen LogP contribution in [-0.2, 0) is 4.79 Å². The summed E-state index contributed by atoms with van der Waals surface area (Å²) < 4.78 is 0. The molecule has 2 aromatic rings. The van der Waals surface area contributed by atoms with Crippen LogP contribution in [0.5, 0.6) is 0 Å². The zero-order valence-electron chi connectivity index (χ0n) is 13.1. The molecule has 1 amide bonds. The van der Waals surface area contributed by atoms with Crippen LogP contribution < -0.4 is 5.32 Å². The van der Waals surface area contributed by atoms with Crippen molar-refractivity contribution in [2.75, 3.05) is 0 Å². The molecule has 3 heteroatoms. The molecule has 0 saturated carbocycles. The number of aryl methyl sites for hydroxylation is 1. The SMILES string of the molecule is CCC(NC(=O)CC(O)c1ccccc1)c1ccc(C)cc1. The quantitative estimate of drug-likeness (QED) is 0.854. The van der Waals surface area contributed by atoms with Gasteiger partial charge in [0.15, 0.2) is 0 Å². The number of carbonyl (C=O) groups excluding carboxylic acids is 1. The van der Waals surface area contributed by atoms with Crippen LogP contribution in [0.4, 0.5) is 0 Å². The summed E-state index contributed by atoms with van der Waals surface area (Å²) in [6, 6.07) is 17.4. The molecule has 2 rings (SSSR count). The molecular formula is C19H23NO2. The topological polar surface area (TPSA) is 49.3 Å². The molecule has 2 unspecified atom stereocenters. The van der Waals surface area contributed by atoms with E-state index in [1.165, 1.54) is 5.56 Å². The highest BCUT2D eigenvalue weighted by Gasteiger charge is 2.16. The van der Waals surface area contributed by atoms with Gasteiger partial charge in [0, 0.05) is 0 Å². The van der Waals surface area contributed by atoms with E-state index in [2.05, 4.69) is 5.32 Å². The average Bonchev–Trinajstić information content (AvgIpc) is 2.54. The van der Waals surface area contributed by atoms with Gasteiger partial charge in [-0.2, -0.15) is 0 Å². The van der Waals surface area contributed by atoms with E-state index in [-0.39, 0.29) is 18.4 Å². The van der Waals surface area contributed by atoms with E-state index in [1.54, 1.807) is 0 Å². The molecule has 3 nitrogen and oxygen atoms in total. The van der Waals surface area contributed by atoms with Gasteiger partial charge in [0.25, 0.3) is 0 Å². The predicted molar refractivity (Wildman–Crippen MR) is 88.4 cm³/mol. The molecule has 0 heterocycles. The number of rotatable bonds is 6. The van der Waals surface area contributed by atoms with Gasteiger partial charge in [0.1, 0.15) is 0 Å². The first-order chi connectivity index (χ1) is 10.6. The van der Waals surface area contributed by atoms with Crippen molar-refractivity contribution in [3.8, 4) is 0 Å². The van der Waals surface area contributed by atoms with Gasteiger partial charge in [0.2, 0.25) is 5.91 Å². The van der Waals surface area contributed by atoms with E-state index in [1.807, 2.05) is 68.4 Å².